The Morgan fingerprint density at radius 1 is 1.53 bits per heavy atom. The van der Waals surface area contributed by atoms with Gasteiger partial charge < -0.3 is 5.73 Å². The van der Waals surface area contributed by atoms with E-state index in [-0.39, 0.29) is 5.75 Å². The highest BCUT2D eigenvalue weighted by Gasteiger charge is 2.34. The van der Waals surface area contributed by atoms with Crippen molar-refractivity contribution in [3.8, 4) is 0 Å². The molecule has 7 nitrogen and oxygen atoms in total. The molecule has 0 spiro atoms. The van der Waals surface area contributed by atoms with Crippen molar-refractivity contribution < 1.29 is 8.42 Å². The Morgan fingerprint density at radius 2 is 2.29 bits per heavy atom. The van der Waals surface area contributed by atoms with Crippen LogP contribution in [0.4, 0.5) is 0 Å². The van der Waals surface area contributed by atoms with Crippen LogP contribution in [0, 0.1) is 0 Å². The maximum Gasteiger partial charge on any atom is 0.176 e. The van der Waals surface area contributed by atoms with E-state index in [0.717, 1.165) is 12.8 Å². The highest BCUT2D eigenvalue weighted by atomic mass is 32.2. The van der Waals surface area contributed by atoms with Crippen molar-refractivity contribution in [2.75, 3.05) is 5.75 Å². The van der Waals surface area contributed by atoms with Gasteiger partial charge in [-0.25, -0.2) is 8.42 Å². The van der Waals surface area contributed by atoms with E-state index in [1.54, 1.807) is 7.05 Å². The molecule has 0 saturated carbocycles. The van der Waals surface area contributed by atoms with Crippen LogP contribution in [0.3, 0.4) is 0 Å². The lowest BCUT2D eigenvalue weighted by Gasteiger charge is -2.26. The van der Waals surface area contributed by atoms with Crippen molar-refractivity contribution in [2.45, 2.75) is 37.0 Å². The van der Waals surface area contributed by atoms with Crippen LogP contribution in [0.25, 0.3) is 0 Å². The van der Waals surface area contributed by atoms with Gasteiger partial charge in [-0.15, -0.1) is 10.2 Å². The normalized spacial score (nSPS) is 25.6. The second-order valence-corrected chi connectivity index (χ2v) is 6.80. The van der Waals surface area contributed by atoms with Crippen LogP contribution in [0.2, 0.25) is 0 Å². The van der Waals surface area contributed by atoms with Gasteiger partial charge in [-0.05, 0) is 18.1 Å². The summed E-state index contributed by atoms with van der Waals surface area (Å²) in [7, 11) is -1.38. The molecule has 17 heavy (non-hydrogen) atoms. The van der Waals surface area contributed by atoms with Crippen LogP contribution in [0.15, 0.2) is 0 Å². The molecule has 1 aromatic rings. The van der Waals surface area contributed by atoms with E-state index in [1.807, 2.05) is 0 Å². The second-order valence-electron chi connectivity index (χ2n) is 4.46. The van der Waals surface area contributed by atoms with Gasteiger partial charge in [0, 0.05) is 12.5 Å². The van der Waals surface area contributed by atoms with Crippen molar-refractivity contribution in [1.29, 1.82) is 0 Å². The van der Waals surface area contributed by atoms with Gasteiger partial charge in [0.1, 0.15) is 0 Å². The summed E-state index contributed by atoms with van der Waals surface area (Å²) in [5.41, 5.74) is 5.97. The first-order valence-electron chi connectivity index (χ1n) is 5.69. The van der Waals surface area contributed by atoms with Crippen LogP contribution in [0.1, 0.15) is 25.1 Å². The zero-order valence-corrected chi connectivity index (χ0v) is 10.6. The topological polar surface area (TPSA) is 104 Å². The maximum absolute atomic E-state index is 11.9. The second kappa shape index (κ2) is 4.69. The molecule has 2 N–H and O–H groups in total. The zero-order valence-electron chi connectivity index (χ0n) is 9.78. The van der Waals surface area contributed by atoms with E-state index in [4.69, 9.17) is 5.73 Å². The van der Waals surface area contributed by atoms with E-state index < -0.39 is 21.1 Å². The fourth-order valence-electron chi connectivity index (χ4n) is 2.21. The zero-order chi connectivity index (χ0) is 12.5. The Morgan fingerprint density at radius 3 is 2.88 bits per heavy atom. The van der Waals surface area contributed by atoms with E-state index in [2.05, 4.69) is 15.4 Å². The minimum atomic E-state index is -3.04. The summed E-state index contributed by atoms with van der Waals surface area (Å²) in [6, 6.07) is -0.440. The molecular formula is C9H17N5O2S. The number of rotatable bonds is 3. The third kappa shape index (κ3) is 2.81. The van der Waals surface area contributed by atoms with Crippen LogP contribution >= 0.6 is 0 Å². The highest BCUT2D eigenvalue weighted by Crippen LogP contribution is 2.22. The minimum Gasteiger partial charge on any atom is -0.326 e. The van der Waals surface area contributed by atoms with Gasteiger partial charge in [-0.1, -0.05) is 6.42 Å². The predicted octanol–water partition coefficient (Wildman–Crippen LogP) is -0.953. The molecule has 2 rings (SSSR count). The lowest BCUT2D eigenvalue weighted by Crippen LogP contribution is -2.45. The average Bonchev–Trinajstić information content (AvgIpc) is 2.63. The lowest BCUT2D eigenvalue weighted by atomic mass is 10.1. The molecule has 1 aliphatic heterocycles. The molecule has 1 fully saturated rings. The van der Waals surface area contributed by atoms with E-state index >= 15 is 0 Å². The maximum atomic E-state index is 11.9. The number of aromatic nitrogens is 4. The predicted molar refractivity (Wildman–Crippen MR) is 61.9 cm³/mol. The Hall–Kier alpha value is -1.02. The third-order valence-corrected chi connectivity index (χ3v) is 5.44. The number of nitrogens with zero attached hydrogens (tertiary/aromatic N) is 4. The van der Waals surface area contributed by atoms with Crippen LogP contribution < -0.4 is 5.73 Å². The van der Waals surface area contributed by atoms with Crippen LogP contribution in [-0.2, 0) is 23.3 Å². The Labute approximate surface area is 100 Å². The van der Waals surface area contributed by atoms with Gasteiger partial charge in [0.25, 0.3) is 0 Å². The molecular weight excluding hydrogens is 242 g/mol. The number of hydrogen-bond donors (Lipinski definition) is 1. The largest absolute Gasteiger partial charge is 0.326 e. The first-order valence-corrected chi connectivity index (χ1v) is 7.40. The molecule has 0 aliphatic carbocycles. The minimum absolute atomic E-state index is 0.249. The van der Waals surface area contributed by atoms with Crippen molar-refractivity contribution in [1.82, 2.24) is 20.2 Å². The quantitative estimate of drug-likeness (QED) is 0.750. The summed E-state index contributed by atoms with van der Waals surface area (Å²) in [5, 5.41) is 11.1. The van der Waals surface area contributed by atoms with Gasteiger partial charge in [0.05, 0.1) is 18.1 Å². The van der Waals surface area contributed by atoms with Crippen molar-refractivity contribution in [2.24, 2.45) is 12.8 Å². The van der Waals surface area contributed by atoms with Crippen molar-refractivity contribution in [3.63, 3.8) is 0 Å². The third-order valence-electron chi connectivity index (χ3n) is 3.07. The molecule has 2 heterocycles. The summed E-state index contributed by atoms with van der Waals surface area (Å²) >= 11 is 0. The van der Waals surface area contributed by atoms with Crippen molar-refractivity contribution >= 4 is 9.84 Å². The fraction of sp³-hybridized carbons (Fsp3) is 0.889. The van der Waals surface area contributed by atoms with E-state index in [1.165, 1.54) is 4.80 Å². The Kier molecular flexibility index (Phi) is 3.43. The Bertz CT molecular complexity index is 483. The summed E-state index contributed by atoms with van der Waals surface area (Å²) in [5.74, 6) is 0.750. The summed E-state index contributed by atoms with van der Waals surface area (Å²) in [4.78, 5) is 1.34. The van der Waals surface area contributed by atoms with E-state index in [0.29, 0.717) is 18.7 Å². The highest BCUT2D eigenvalue weighted by molar-refractivity contribution is 7.92. The first kappa shape index (κ1) is 12.4. The average molecular weight is 259 g/mol. The molecule has 1 aromatic heterocycles. The van der Waals surface area contributed by atoms with Gasteiger partial charge in [-0.3, -0.25) is 0 Å². The summed E-state index contributed by atoms with van der Waals surface area (Å²) < 4.78 is 23.8. The molecule has 1 saturated heterocycles. The fourth-order valence-corrected chi connectivity index (χ4v) is 4.27. The SMILES string of the molecule is Cn1nnc(CC(N)C2CCCCS2(=O)=O)n1. The van der Waals surface area contributed by atoms with Crippen LogP contribution in [0.5, 0.6) is 0 Å². The molecule has 0 bridgehead atoms. The van der Waals surface area contributed by atoms with Gasteiger partial charge >= 0.3 is 0 Å². The Balaban J connectivity index is 2.06. The first-order chi connectivity index (χ1) is 7.99. The number of tetrazole rings is 1. The molecule has 8 heteroatoms. The number of aryl methyl sites for hydroxylation is 1. The number of hydrogen-bond acceptors (Lipinski definition) is 6. The summed E-state index contributed by atoms with van der Waals surface area (Å²) in [6.45, 7) is 0. The molecule has 0 radical (unpaired) electrons. The van der Waals surface area contributed by atoms with Crippen molar-refractivity contribution in [3.05, 3.63) is 5.82 Å². The molecule has 2 atom stereocenters. The lowest BCUT2D eigenvalue weighted by molar-refractivity contribution is 0.490. The molecule has 2 unspecified atom stereocenters. The summed E-state index contributed by atoms with van der Waals surface area (Å²) in [6.07, 6.45) is 2.67. The van der Waals surface area contributed by atoms with Gasteiger partial charge in [-0.2, -0.15) is 4.80 Å². The van der Waals surface area contributed by atoms with Crippen LogP contribution in [-0.4, -0.2) is 45.7 Å². The molecule has 0 amide bonds. The van der Waals surface area contributed by atoms with E-state index in [9.17, 15) is 8.42 Å². The molecule has 1 aliphatic rings. The van der Waals surface area contributed by atoms with Gasteiger partial charge in [0.15, 0.2) is 15.7 Å². The monoisotopic (exact) mass is 259 g/mol. The number of nitrogens with two attached hydrogens (primary N) is 1. The molecule has 0 aromatic carbocycles. The van der Waals surface area contributed by atoms with Gasteiger partial charge in [0.2, 0.25) is 0 Å². The molecule has 96 valence electrons. The number of sulfone groups is 1. The standard InChI is InChI=1S/C9H17N5O2S/c1-14-12-9(11-13-14)6-7(10)8-4-2-3-5-17(8,15)16/h7-8H,2-6,10H2,1H3. The smallest absolute Gasteiger partial charge is 0.176 e.